The Hall–Kier alpha value is -1.06. The van der Waals surface area contributed by atoms with Crippen LogP contribution in [0, 0.1) is 17.3 Å². The van der Waals surface area contributed by atoms with Gasteiger partial charge in [-0.2, -0.15) is 0 Å². The molecular weight excluding hydrogens is 322 g/mol. The lowest BCUT2D eigenvalue weighted by Gasteiger charge is -2.37. The minimum atomic E-state index is -0.488. The van der Waals surface area contributed by atoms with Gasteiger partial charge in [-0.15, -0.1) is 0 Å². The summed E-state index contributed by atoms with van der Waals surface area (Å²) >= 11 is 0. The van der Waals surface area contributed by atoms with Crippen LogP contribution in [0.15, 0.2) is 18.2 Å². The van der Waals surface area contributed by atoms with E-state index >= 15 is 0 Å². The van der Waals surface area contributed by atoms with E-state index in [4.69, 9.17) is 10.5 Å². The summed E-state index contributed by atoms with van der Waals surface area (Å²) in [5.74, 6) is 2.19. The topological polar surface area (TPSA) is 55.5 Å². The van der Waals surface area contributed by atoms with Crippen LogP contribution >= 0.6 is 0 Å². The van der Waals surface area contributed by atoms with Crippen molar-refractivity contribution in [1.29, 1.82) is 0 Å². The first-order valence-electron chi connectivity index (χ1n) is 10.4. The SMILES string of the molecule is CC(C)(C)C1CCC(Oc2ccc3c(c2)CC[C@@H]([C@](C)(N)CO)C3)CC1. The van der Waals surface area contributed by atoms with Crippen molar-refractivity contribution >= 4 is 0 Å². The van der Waals surface area contributed by atoms with Gasteiger partial charge in [-0.1, -0.05) is 26.8 Å². The Morgan fingerprint density at radius 1 is 1.00 bits per heavy atom. The third kappa shape index (κ3) is 4.43. The highest BCUT2D eigenvalue weighted by molar-refractivity contribution is 5.38. The third-order valence-corrected chi connectivity index (χ3v) is 6.88. The second-order valence-electron chi connectivity index (χ2n) is 9.99. The van der Waals surface area contributed by atoms with Crippen molar-refractivity contribution in [3.8, 4) is 5.75 Å². The monoisotopic (exact) mass is 359 g/mol. The first-order chi connectivity index (χ1) is 12.2. The van der Waals surface area contributed by atoms with Gasteiger partial charge in [0.1, 0.15) is 5.75 Å². The van der Waals surface area contributed by atoms with Crippen molar-refractivity contribution in [3.63, 3.8) is 0 Å². The van der Waals surface area contributed by atoms with Gasteiger partial charge in [0.05, 0.1) is 12.7 Å². The first-order valence-corrected chi connectivity index (χ1v) is 10.4. The standard InChI is InChI=1S/C23H37NO2/c1-22(2,3)18-8-11-20(12-9-18)26-21-10-6-16-13-19(23(4,24)15-25)7-5-17(16)14-21/h6,10,14,18-20,25H,5,7-9,11-13,15,24H2,1-4H3/t18?,19-,20?,23-/m1/s1. The van der Waals surface area contributed by atoms with Crippen LogP contribution in [0.3, 0.4) is 0 Å². The van der Waals surface area contributed by atoms with Gasteiger partial charge in [-0.3, -0.25) is 0 Å². The molecule has 0 aliphatic heterocycles. The molecule has 1 fully saturated rings. The molecule has 26 heavy (non-hydrogen) atoms. The molecular formula is C23H37NO2. The molecule has 0 spiro atoms. The molecule has 2 atom stereocenters. The maximum absolute atomic E-state index is 9.54. The molecule has 2 aliphatic rings. The van der Waals surface area contributed by atoms with Crippen molar-refractivity contribution in [2.45, 2.75) is 84.3 Å². The lowest BCUT2D eigenvalue weighted by atomic mass is 9.72. The van der Waals surface area contributed by atoms with Gasteiger partial charge in [0.25, 0.3) is 0 Å². The number of benzene rings is 1. The molecule has 3 rings (SSSR count). The minimum absolute atomic E-state index is 0.0471. The van der Waals surface area contributed by atoms with E-state index in [2.05, 4.69) is 39.0 Å². The Morgan fingerprint density at radius 3 is 2.31 bits per heavy atom. The van der Waals surface area contributed by atoms with E-state index in [0.29, 0.717) is 17.4 Å². The molecule has 0 amide bonds. The largest absolute Gasteiger partial charge is 0.490 e. The summed E-state index contributed by atoms with van der Waals surface area (Å²) in [5, 5.41) is 9.54. The van der Waals surface area contributed by atoms with E-state index in [1.165, 1.54) is 36.8 Å². The number of ether oxygens (including phenoxy) is 1. The first kappa shape index (κ1) is 19.7. The zero-order valence-corrected chi connectivity index (χ0v) is 17.1. The maximum Gasteiger partial charge on any atom is 0.120 e. The molecule has 3 nitrogen and oxygen atoms in total. The maximum atomic E-state index is 9.54. The fourth-order valence-corrected chi connectivity index (χ4v) is 4.74. The number of aryl methyl sites for hydroxylation is 1. The fourth-order valence-electron chi connectivity index (χ4n) is 4.74. The molecule has 1 saturated carbocycles. The van der Waals surface area contributed by atoms with Gasteiger partial charge >= 0.3 is 0 Å². The van der Waals surface area contributed by atoms with Gasteiger partial charge in [-0.05, 0) is 92.4 Å². The number of aliphatic hydroxyl groups is 1. The third-order valence-electron chi connectivity index (χ3n) is 6.88. The summed E-state index contributed by atoms with van der Waals surface area (Å²) in [6.45, 7) is 9.09. The van der Waals surface area contributed by atoms with Crippen LogP contribution in [0.1, 0.15) is 70.9 Å². The average molecular weight is 360 g/mol. The second-order valence-corrected chi connectivity index (χ2v) is 9.99. The van der Waals surface area contributed by atoms with E-state index in [1.807, 2.05) is 6.92 Å². The minimum Gasteiger partial charge on any atom is -0.490 e. The summed E-state index contributed by atoms with van der Waals surface area (Å²) in [5.41, 5.74) is 8.97. The Labute approximate surface area is 159 Å². The van der Waals surface area contributed by atoms with Gasteiger partial charge < -0.3 is 15.6 Å². The van der Waals surface area contributed by atoms with Crippen LogP contribution in [-0.2, 0) is 12.8 Å². The van der Waals surface area contributed by atoms with E-state index in [0.717, 1.165) is 30.9 Å². The number of aliphatic hydroxyl groups excluding tert-OH is 1. The van der Waals surface area contributed by atoms with Crippen LogP contribution in [0.4, 0.5) is 0 Å². The smallest absolute Gasteiger partial charge is 0.120 e. The zero-order chi connectivity index (χ0) is 18.9. The van der Waals surface area contributed by atoms with E-state index in [1.54, 1.807) is 0 Å². The Morgan fingerprint density at radius 2 is 1.69 bits per heavy atom. The van der Waals surface area contributed by atoms with E-state index < -0.39 is 5.54 Å². The molecule has 3 N–H and O–H groups in total. The number of rotatable bonds is 4. The number of hydrogen-bond acceptors (Lipinski definition) is 3. The highest BCUT2D eigenvalue weighted by Gasteiger charge is 2.33. The molecule has 1 aromatic carbocycles. The molecule has 1 aromatic rings. The highest BCUT2D eigenvalue weighted by atomic mass is 16.5. The molecule has 146 valence electrons. The molecule has 0 bridgehead atoms. The van der Waals surface area contributed by atoms with Gasteiger partial charge in [0, 0.05) is 5.54 Å². The van der Waals surface area contributed by atoms with Gasteiger partial charge in [-0.25, -0.2) is 0 Å². The van der Waals surface area contributed by atoms with E-state index in [-0.39, 0.29) is 6.61 Å². The number of hydrogen-bond donors (Lipinski definition) is 2. The Kier molecular flexibility index (Phi) is 5.69. The fraction of sp³-hybridized carbons (Fsp3) is 0.739. The van der Waals surface area contributed by atoms with Crippen LogP contribution < -0.4 is 10.5 Å². The quantitative estimate of drug-likeness (QED) is 0.833. The van der Waals surface area contributed by atoms with Crippen LogP contribution in [0.5, 0.6) is 5.75 Å². The van der Waals surface area contributed by atoms with E-state index in [9.17, 15) is 5.11 Å². The van der Waals surface area contributed by atoms with Crippen molar-refractivity contribution in [1.82, 2.24) is 0 Å². The molecule has 3 heteroatoms. The van der Waals surface area contributed by atoms with Crippen LogP contribution in [0.2, 0.25) is 0 Å². The Balaban J connectivity index is 1.59. The average Bonchev–Trinajstić information content (AvgIpc) is 2.61. The highest BCUT2D eigenvalue weighted by Crippen LogP contribution is 2.39. The molecule has 0 radical (unpaired) electrons. The van der Waals surface area contributed by atoms with Crippen molar-refractivity contribution in [2.75, 3.05) is 6.61 Å². The zero-order valence-electron chi connectivity index (χ0n) is 17.1. The van der Waals surface area contributed by atoms with Crippen LogP contribution in [0.25, 0.3) is 0 Å². The lowest BCUT2D eigenvalue weighted by Crippen LogP contribution is -2.49. The predicted octanol–water partition coefficient (Wildman–Crippen LogP) is 4.48. The Bertz CT molecular complexity index is 609. The number of fused-ring (bicyclic) bond motifs is 1. The summed E-state index contributed by atoms with van der Waals surface area (Å²) < 4.78 is 6.33. The molecule has 0 saturated heterocycles. The summed E-state index contributed by atoms with van der Waals surface area (Å²) in [4.78, 5) is 0. The summed E-state index contributed by atoms with van der Waals surface area (Å²) in [6.07, 6.45) is 8.28. The molecule has 2 aliphatic carbocycles. The number of nitrogens with two attached hydrogens (primary N) is 1. The van der Waals surface area contributed by atoms with Crippen LogP contribution in [-0.4, -0.2) is 23.4 Å². The predicted molar refractivity (Wildman–Crippen MR) is 107 cm³/mol. The molecule has 0 heterocycles. The van der Waals surface area contributed by atoms with Gasteiger partial charge in [0.15, 0.2) is 0 Å². The molecule has 0 unspecified atom stereocenters. The normalized spacial score (nSPS) is 28.9. The van der Waals surface area contributed by atoms with Gasteiger partial charge in [0.2, 0.25) is 0 Å². The lowest BCUT2D eigenvalue weighted by molar-refractivity contribution is 0.0880. The molecule has 0 aromatic heterocycles. The van der Waals surface area contributed by atoms with Crippen molar-refractivity contribution in [2.24, 2.45) is 23.0 Å². The summed E-state index contributed by atoms with van der Waals surface area (Å²) in [7, 11) is 0. The van der Waals surface area contributed by atoms with Crippen molar-refractivity contribution in [3.05, 3.63) is 29.3 Å². The second kappa shape index (κ2) is 7.52. The summed E-state index contributed by atoms with van der Waals surface area (Å²) in [6, 6.07) is 6.59. The van der Waals surface area contributed by atoms with Crippen molar-refractivity contribution < 1.29 is 9.84 Å².